The molecule has 0 radical (unpaired) electrons. The molecule has 0 fully saturated rings. The van der Waals surface area contributed by atoms with Gasteiger partial charge in [-0.15, -0.1) is 0 Å². The number of carboxylic acid groups (broad SMARTS) is 1. The Bertz CT molecular complexity index is 508. The van der Waals surface area contributed by atoms with Gasteiger partial charge in [0.15, 0.2) is 0 Å². The Kier molecular flexibility index (Phi) is 4.73. The molecule has 1 aromatic rings. The molecular weight excluding hydrogens is 260 g/mol. The molecule has 3 N–H and O–H groups in total. The summed E-state index contributed by atoms with van der Waals surface area (Å²) < 4.78 is 0. The summed E-state index contributed by atoms with van der Waals surface area (Å²) in [5, 5.41) is 10.0. The van der Waals surface area contributed by atoms with Crippen molar-refractivity contribution in [1.82, 2.24) is 5.06 Å². The minimum Gasteiger partial charge on any atom is -0.478 e. The SMILES string of the molecule is CC(c1cccc(C(=O)O)c1)N(OC(C)(C)C)C(N)=O. The van der Waals surface area contributed by atoms with Gasteiger partial charge in [-0.3, -0.25) is 4.84 Å². The average molecular weight is 280 g/mol. The molecule has 0 bridgehead atoms. The van der Waals surface area contributed by atoms with E-state index in [9.17, 15) is 9.59 Å². The highest BCUT2D eigenvalue weighted by Crippen LogP contribution is 2.24. The Balaban J connectivity index is 3.06. The molecule has 20 heavy (non-hydrogen) atoms. The summed E-state index contributed by atoms with van der Waals surface area (Å²) in [6.45, 7) is 7.10. The number of hydrogen-bond acceptors (Lipinski definition) is 3. The van der Waals surface area contributed by atoms with Crippen molar-refractivity contribution in [3.8, 4) is 0 Å². The van der Waals surface area contributed by atoms with Gasteiger partial charge >= 0.3 is 12.0 Å². The maximum atomic E-state index is 11.5. The lowest BCUT2D eigenvalue weighted by atomic mass is 10.1. The zero-order chi connectivity index (χ0) is 15.5. The molecule has 1 rings (SSSR count). The van der Waals surface area contributed by atoms with Crippen LogP contribution in [-0.4, -0.2) is 27.8 Å². The van der Waals surface area contributed by atoms with E-state index in [0.29, 0.717) is 5.56 Å². The number of benzene rings is 1. The van der Waals surface area contributed by atoms with E-state index >= 15 is 0 Å². The highest BCUT2D eigenvalue weighted by atomic mass is 16.7. The van der Waals surface area contributed by atoms with Crippen molar-refractivity contribution in [1.29, 1.82) is 0 Å². The minimum absolute atomic E-state index is 0.148. The van der Waals surface area contributed by atoms with Gasteiger partial charge in [0.2, 0.25) is 0 Å². The van der Waals surface area contributed by atoms with Gasteiger partial charge in [-0.2, -0.15) is 5.06 Å². The molecule has 6 heteroatoms. The zero-order valence-electron chi connectivity index (χ0n) is 12.1. The number of primary amides is 1. The Morgan fingerprint density at radius 3 is 2.40 bits per heavy atom. The smallest absolute Gasteiger partial charge is 0.339 e. The van der Waals surface area contributed by atoms with Crippen LogP contribution in [0.3, 0.4) is 0 Å². The number of aromatic carboxylic acids is 1. The number of nitrogens with zero attached hydrogens (tertiary/aromatic N) is 1. The van der Waals surface area contributed by atoms with Gasteiger partial charge in [0.1, 0.15) is 0 Å². The second kappa shape index (κ2) is 5.92. The summed E-state index contributed by atoms with van der Waals surface area (Å²) in [4.78, 5) is 28.0. The van der Waals surface area contributed by atoms with Crippen LogP contribution in [0.5, 0.6) is 0 Å². The summed E-state index contributed by atoms with van der Waals surface area (Å²) in [5.41, 5.74) is 5.52. The summed E-state index contributed by atoms with van der Waals surface area (Å²) in [6, 6.07) is 5.09. The predicted octanol–water partition coefficient (Wildman–Crippen LogP) is 2.56. The van der Waals surface area contributed by atoms with Gasteiger partial charge in [0.05, 0.1) is 17.2 Å². The number of carbonyl (C=O) groups is 2. The molecule has 0 aliphatic heterocycles. The Morgan fingerprint density at radius 1 is 1.35 bits per heavy atom. The topological polar surface area (TPSA) is 92.9 Å². The summed E-state index contributed by atoms with van der Waals surface area (Å²) >= 11 is 0. The van der Waals surface area contributed by atoms with Gasteiger partial charge < -0.3 is 10.8 Å². The molecule has 0 heterocycles. The van der Waals surface area contributed by atoms with Crippen molar-refractivity contribution >= 4 is 12.0 Å². The second-order valence-corrected chi connectivity index (χ2v) is 5.47. The summed E-state index contributed by atoms with van der Waals surface area (Å²) in [5.74, 6) is -1.03. The van der Waals surface area contributed by atoms with Crippen LogP contribution in [0.2, 0.25) is 0 Å². The number of hydrogen-bond donors (Lipinski definition) is 2. The monoisotopic (exact) mass is 280 g/mol. The molecule has 0 aliphatic rings. The zero-order valence-corrected chi connectivity index (χ0v) is 12.1. The van der Waals surface area contributed by atoms with Crippen molar-refractivity contribution in [3.05, 3.63) is 35.4 Å². The van der Waals surface area contributed by atoms with Gasteiger partial charge in [-0.05, 0) is 45.4 Å². The van der Waals surface area contributed by atoms with E-state index in [1.165, 1.54) is 12.1 Å². The molecular formula is C14H20N2O4. The predicted molar refractivity (Wildman–Crippen MR) is 74.1 cm³/mol. The Labute approximate surface area is 118 Å². The number of carboxylic acids is 1. The van der Waals surface area contributed by atoms with Crippen LogP contribution in [0.1, 0.15) is 49.7 Å². The van der Waals surface area contributed by atoms with Crippen LogP contribution >= 0.6 is 0 Å². The maximum absolute atomic E-state index is 11.5. The number of carbonyl (C=O) groups excluding carboxylic acids is 1. The lowest BCUT2D eigenvalue weighted by Gasteiger charge is -2.33. The molecule has 0 saturated carbocycles. The lowest BCUT2D eigenvalue weighted by molar-refractivity contribution is -0.211. The van der Waals surface area contributed by atoms with Gasteiger partial charge in [-0.1, -0.05) is 12.1 Å². The molecule has 1 unspecified atom stereocenters. The van der Waals surface area contributed by atoms with Crippen molar-refractivity contribution in [2.75, 3.05) is 0 Å². The third kappa shape index (κ3) is 4.24. The first-order valence-electron chi connectivity index (χ1n) is 6.23. The van der Waals surface area contributed by atoms with Crippen LogP contribution in [0.4, 0.5) is 4.79 Å². The third-order valence-corrected chi connectivity index (χ3v) is 2.56. The van der Waals surface area contributed by atoms with Gasteiger partial charge in [0.25, 0.3) is 0 Å². The largest absolute Gasteiger partial charge is 0.478 e. The molecule has 0 spiro atoms. The standard InChI is InChI=1S/C14H20N2O4/c1-9(16(13(15)19)20-14(2,3)4)10-6-5-7-11(8-10)12(17)18/h5-9H,1-4H3,(H2,15,19)(H,17,18). The molecule has 2 amide bonds. The number of nitrogens with two attached hydrogens (primary N) is 1. The number of rotatable bonds is 4. The van der Waals surface area contributed by atoms with E-state index in [0.717, 1.165) is 5.06 Å². The lowest BCUT2D eigenvalue weighted by Crippen LogP contribution is -2.43. The molecule has 0 saturated heterocycles. The van der Waals surface area contributed by atoms with E-state index in [2.05, 4.69) is 0 Å². The van der Waals surface area contributed by atoms with E-state index in [1.54, 1.807) is 39.8 Å². The van der Waals surface area contributed by atoms with Crippen LogP contribution < -0.4 is 5.73 Å². The first-order chi connectivity index (χ1) is 9.11. The fraction of sp³-hybridized carbons (Fsp3) is 0.429. The van der Waals surface area contributed by atoms with E-state index in [1.807, 2.05) is 0 Å². The van der Waals surface area contributed by atoms with Gasteiger partial charge in [0, 0.05) is 0 Å². The molecule has 1 aromatic carbocycles. The van der Waals surface area contributed by atoms with E-state index in [-0.39, 0.29) is 5.56 Å². The first kappa shape index (κ1) is 16.0. The van der Waals surface area contributed by atoms with Gasteiger partial charge in [-0.25, -0.2) is 9.59 Å². The molecule has 110 valence electrons. The van der Waals surface area contributed by atoms with Crippen LogP contribution in [0.15, 0.2) is 24.3 Å². The quantitative estimate of drug-likeness (QED) is 0.829. The Hall–Kier alpha value is -2.08. The normalized spacial score (nSPS) is 12.8. The Morgan fingerprint density at radius 2 is 1.95 bits per heavy atom. The summed E-state index contributed by atoms with van der Waals surface area (Å²) in [6.07, 6.45) is 0. The van der Waals surface area contributed by atoms with Crippen LogP contribution in [0, 0.1) is 0 Å². The maximum Gasteiger partial charge on any atom is 0.339 e. The average Bonchev–Trinajstić information content (AvgIpc) is 2.34. The van der Waals surface area contributed by atoms with E-state index in [4.69, 9.17) is 15.7 Å². The number of hydroxylamine groups is 2. The second-order valence-electron chi connectivity index (χ2n) is 5.47. The van der Waals surface area contributed by atoms with Crippen molar-refractivity contribution < 1.29 is 19.5 Å². The van der Waals surface area contributed by atoms with Crippen LogP contribution in [-0.2, 0) is 4.84 Å². The number of amides is 2. The minimum atomic E-state index is -1.03. The first-order valence-corrected chi connectivity index (χ1v) is 6.23. The fourth-order valence-corrected chi connectivity index (χ4v) is 1.68. The molecule has 0 aliphatic carbocycles. The van der Waals surface area contributed by atoms with Crippen LogP contribution in [0.25, 0.3) is 0 Å². The fourth-order valence-electron chi connectivity index (χ4n) is 1.68. The van der Waals surface area contributed by atoms with Crippen molar-refractivity contribution in [3.63, 3.8) is 0 Å². The molecule has 6 nitrogen and oxygen atoms in total. The highest BCUT2D eigenvalue weighted by Gasteiger charge is 2.26. The highest BCUT2D eigenvalue weighted by molar-refractivity contribution is 5.87. The number of urea groups is 1. The third-order valence-electron chi connectivity index (χ3n) is 2.56. The molecule has 0 aromatic heterocycles. The van der Waals surface area contributed by atoms with Crippen molar-refractivity contribution in [2.24, 2.45) is 5.73 Å². The van der Waals surface area contributed by atoms with E-state index < -0.39 is 23.6 Å². The summed E-state index contributed by atoms with van der Waals surface area (Å²) in [7, 11) is 0. The molecule has 1 atom stereocenters. The van der Waals surface area contributed by atoms with Crippen molar-refractivity contribution in [2.45, 2.75) is 39.3 Å².